The molecule has 0 aromatic carbocycles. The van der Waals surface area contributed by atoms with E-state index in [-0.39, 0.29) is 0 Å². The molecule has 0 aliphatic heterocycles. The second-order valence-corrected chi connectivity index (χ2v) is 2.54. The van der Waals surface area contributed by atoms with Crippen molar-refractivity contribution in [2.24, 2.45) is 5.73 Å². The summed E-state index contributed by atoms with van der Waals surface area (Å²) in [7, 11) is 0. The Bertz CT molecular complexity index is 467. The van der Waals surface area contributed by atoms with Crippen LogP contribution in [-0.2, 0) is 0 Å². The second-order valence-electron chi connectivity index (χ2n) is 2.54. The summed E-state index contributed by atoms with van der Waals surface area (Å²) in [6, 6.07) is 0. The first-order valence-corrected chi connectivity index (χ1v) is 3.44. The lowest BCUT2D eigenvalue weighted by molar-refractivity contribution is 0.0990. The summed E-state index contributed by atoms with van der Waals surface area (Å²) in [5.74, 6) is -4.85. The van der Waals surface area contributed by atoms with Gasteiger partial charge in [-0.05, 0) is 6.92 Å². The van der Waals surface area contributed by atoms with E-state index in [4.69, 9.17) is 0 Å². The molecule has 14 heavy (non-hydrogen) atoms. The molecule has 7 heteroatoms. The number of hydrogen-bond acceptors (Lipinski definition) is 2. The average Bonchev–Trinajstić information content (AvgIpc) is 2.11. The molecule has 0 saturated heterocycles. The van der Waals surface area contributed by atoms with Gasteiger partial charge < -0.3 is 5.73 Å². The molecule has 0 bridgehead atoms. The summed E-state index contributed by atoms with van der Waals surface area (Å²) >= 11 is 0. The first-order valence-electron chi connectivity index (χ1n) is 3.44. The molecule has 0 radical (unpaired) electrons. The number of carbonyl (C=O) groups excluding carboxylic acids is 1. The molecule has 0 fully saturated rings. The van der Waals surface area contributed by atoms with Gasteiger partial charge in [0.2, 0.25) is 0 Å². The van der Waals surface area contributed by atoms with Crippen molar-refractivity contribution in [3.05, 3.63) is 33.2 Å². The van der Waals surface area contributed by atoms with Crippen molar-refractivity contribution in [2.45, 2.75) is 6.92 Å². The van der Waals surface area contributed by atoms with Crippen molar-refractivity contribution in [1.29, 1.82) is 0 Å². The summed E-state index contributed by atoms with van der Waals surface area (Å²) in [6.45, 7) is 0.852. The molecule has 0 unspecified atom stereocenters. The lowest BCUT2D eigenvalue weighted by atomic mass is 10.2. The monoisotopic (exact) mass is 206 g/mol. The van der Waals surface area contributed by atoms with Gasteiger partial charge in [0.05, 0.1) is 5.69 Å². The smallest absolute Gasteiger partial charge is 0.294 e. The van der Waals surface area contributed by atoms with Gasteiger partial charge in [-0.3, -0.25) is 9.59 Å². The largest absolute Gasteiger partial charge is 0.365 e. The van der Waals surface area contributed by atoms with Crippen LogP contribution in [0.4, 0.5) is 13.3 Å². The number of amides is 1. The fraction of sp³-hybridized carbons (Fsp3) is 0.143. The summed E-state index contributed by atoms with van der Waals surface area (Å²) in [5, 5.41) is 0. The van der Waals surface area contributed by atoms with Gasteiger partial charge >= 0.3 is 0 Å². The molecule has 0 aliphatic rings. The third-order valence-corrected chi connectivity index (χ3v) is 1.66. The van der Waals surface area contributed by atoms with Crippen LogP contribution in [0.25, 0.3) is 0 Å². The molecule has 0 saturated carbocycles. The molecule has 1 rings (SSSR count). The Balaban J connectivity index is 3.78. The first-order chi connectivity index (χ1) is 6.37. The fourth-order valence-corrected chi connectivity index (χ4v) is 0.913. The minimum Gasteiger partial charge on any atom is -0.365 e. The van der Waals surface area contributed by atoms with Gasteiger partial charge in [0, 0.05) is 0 Å². The molecule has 0 atom stereocenters. The van der Waals surface area contributed by atoms with Crippen molar-refractivity contribution >= 4 is 5.91 Å². The number of nitrogens with two attached hydrogens (primary N) is 1. The fourth-order valence-electron chi connectivity index (χ4n) is 0.913. The number of nitrogens with zero attached hydrogens (tertiary/aromatic N) is 1. The number of hydrogen-bond donors (Lipinski definition) is 1. The quantitative estimate of drug-likeness (QED) is 0.716. The van der Waals surface area contributed by atoms with Crippen LogP contribution in [0.3, 0.4) is 0 Å². The Morgan fingerprint density at radius 2 is 1.86 bits per heavy atom. The highest BCUT2D eigenvalue weighted by Crippen LogP contribution is 2.11. The van der Waals surface area contributed by atoms with Crippen LogP contribution in [0, 0.1) is 18.6 Å². The van der Waals surface area contributed by atoms with Crippen LogP contribution in [-0.4, -0.2) is 10.7 Å². The van der Waals surface area contributed by atoms with Gasteiger partial charge in [0.25, 0.3) is 11.5 Å². The van der Waals surface area contributed by atoms with Crippen LogP contribution >= 0.6 is 0 Å². The van der Waals surface area contributed by atoms with Gasteiger partial charge in [0.15, 0.2) is 11.6 Å². The zero-order valence-corrected chi connectivity index (χ0v) is 6.97. The van der Waals surface area contributed by atoms with Crippen LogP contribution in [0.1, 0.15) is 16.1 Å². The molecular formula is C7H5F3N2O2. The zero-order chi connectivity index (χ0) is 11.0. The summed E-state index contributed by atoms with van der Waals surface area (Å²) in [6.07, 6.45) is 0. The number of halogens is 3. The van der Waals surface area contributed by atoms with E-state index in [0.29, 0.717) is 0 Å². The molecule has 1 aromatic heterocycles. The van der Waals surface area contributed by atoms with E-state index in [1.165, 1.54) is 0 Å². The standard InChI is InChI=1S/C7H5F3N2O2/c1-2-4(8)5(9)3(6(11)13)7(14)12(2)10/h1H3,(H2,11,13). The Kier molecular flexibility index (Phi) is 2.33. The van der Waals surface area contributed by atoms with Crippen LogP contribution in [0.5, 0.6) is 0 Å². The third-order valence-electron chi connectivity index (χ3n) is 1.66. The summed E-state index contributed by atoms with van der Waals surface area (Å²) in [5.41, 5.74) is 0.802. The summed E-state index contributed by atoms with van der Waals surface area (Å²) < 4.78 is 38.5. The maximum absolute atomic E-state index is 12.9. The normalized spacial score (nSPS) is 10.3. The third kappa shape index (κ3) is 1.26. The molecule has 0 aliphatic carbocycles. The lowest BCUT2D eigenvalue weighted by Crippen LogP contribution is -2.31. The van der Waals surface area contributed by atoms with Crippen molar-refractivity contribution in [3.63, 3.8) is 0 Å². The van der Waals surface area contributed by atoms with E-state index < -0.39 is 39.1 Å². The Morgan fingerprint density at radius 3 is 2.29 bits per heavy atom. The van der Waals surface area contributed by atoms with E-state index >= 15 is 0 Å². The van der Waals surface area contributed by atoms with E-state index in [1.807, 2.05) is 0 Å². The van der Waals surface area contributed by atoms with E-state index in [9.17, 15) is 22.9 Å². The molecule has 4 nitrogen and oxygen atoms in total. The number of aromatic nitrogens is 1. The van der Waals surface area contributed by atoms with Gasteiger partial charge in [-0.15, -0.1) is 4.79 Å². The van der Waals surface area contributed by atoms with E-state index in [1.54, 1.807) is 0 Å². The zero-order valence-electron chi connectivity index (χ0n) is 6.97. The van der Waals surface area contributed by atoms with Gasteiger partial charge in [-0.25, -0.2) is 8.78 Å². The Hall–Kier alpha value is -1.79. The predicted octanol–water partition coefficient (Wildman–Crippen LogP) is 0.266. The van der Waals surface area contributed by atoms with Crippen molar-refractivity contribution in [3.8, 4) is 0 Å². The highest BCUT2D eigenvalue weighted by Gasteiger charge is 2.23. The Labute approximate surface area is 75.7 Å². The summed E-state index contributed by atoms with van der Waals surface area (Å²) in [4.78, 5) is 20.7. The number of rotatable bonds is 1. The van der Waals surface area contributed by atoms with Crippen molar-refractivity contribution < 1.29 is 18.1 Å². The SMILES string of the molecule is Cc1c(F)c(F)c(C(N)=O)c(=O)n1F. The maximum atomic E-state index is 12.9. The highest BCUT2D eigenvalue weighted by atomic mass is 19.2. The van der Waals surface area contributed by atoms with Crippen LogP contribution in [0.2, 0.25) is 0 Å². The molecule has 1 heterocycles. The van der Waals surface area contributed by atoms with Crippen molar-refractivity contribution in [2.75, 3.05) is 0 Å². The topological polar surface area (TPSA) is 65.1 Å². The average molecular weight is 206 g/mol. The van der Waals surface area contributed by atoms with Gasteiger partial charge in [-0.2, -0.15) is 0 Å². The molecule has 2 N–H and O–H groups in total. The van der Waals surface area contributed by atoms with Gasteiger partial charge in [0.1, 0.15) is 5.56 Å². The van der Waals surface area contributed by atoms with Crippen LogP contribution < -0.4 is 11.3 Å². The molecule has 0 spiro atoms. The maximum Gasteiger partial charge on any atom is 0.294 e. The number of pyridine rings is 1. The first kappa shape index (κ1) is 10.3. The van der Waals surface area contributed by atoms with Crippen LogP contribution in [0.15, 0.2) is 4.79 Å². The van der Waals surface area contributed by atoms with Gasteiger partial charge in [-0.1, -0.05) is 4.48 Å². The van der Waals surface area contributed by atoms with E-state index in [2.05, 4.69) is 5.73 Å². The minimum atomic E-state index is -1.73. The molecule has 1 amide bonds. The number of carbonyl (C=O) groups is 1. The second kappa shape index (κ2) is 3.17. The molecular weight excluding hydrogens is 201 g/mol. The lowest BCUT2D eigenvalue weighted by Gasteiger charge is -2.04. The molecule has 76 valence electrons. The van der Waals surface area contributed by atoms with E-state index in [0.717, 1.165) is 6.92 Å². The molecule has 1 aromatic rings. The number of primary amides is 1. The predicted molar refractivity (Wildman–Crippen MR) is 40.4 cm³/mol. The minimum absolute atomic E-state index is 0.668. The highest BCUT2D eigenvalue weighted by molar-refractivity contribution is 5.92. The Morgan fingerprint density at radius 1 is 1.36 bits per heavy atom. The van der Waals surface area contributed by atoms with Crippen molar-refractivity contribution in [1.82, 2.24) is 4.79 Å².